The summed E-state index contributed by atoms with van der Waals surface area (Å²) in [6, 6.07) is -1.68. The molecule has 0 saturated carbocycles. The first-order valence-corrected chi connectivity index (χ1v) is 27.5. The van der Waals surface area contributed by atoms with Crippen molar-refractivity contribution in [2.45, 2.75) is 141 Å². The number of esters is 2. The molecule has 0 aliphatic carbocycles. The second-order valence-electron chi connectivity index (χ2n) is 20.2. The second kappa shape index (κ2) is 37.1. The number of methoxy groups -OCH3 is 3. The molecule has 0 spiro atoms. The van der Waals surface area contributed by atoms with Gasteiger partial charge < -0.3 is 79.1 Å². The van der Waals surface area contributed by atoms with Crippen LogP contribution < -0.4 is 108 Å². The maximum absolute atomic E-state index is 14.9. The summed E-state index contributed by atoms with van der Waals surface area (Å²) in [4.78, 5) is 96.0. The van der Waals surface area contributed by atoms with Gasteiger partial charge in [0, 0.05) is 23.3 Å². The number of benzene rings is 2. The Bertz CT molecular complexity index is 2780. The van der Waals surface area contributed by atoms with Gasteiger partial charge in [0.15, 0.2) is 24.7 Å². The van der Waals surface area contributed by atoms with Gasteiger partial charge in [-0.2, -0.15) is 0 Å². The van der Waals surface area contributed by atoms with Gasteiger partial charge in [-0.05, 0) is 118 Å². The van der Waals surface area contributed by atoms with Gasteiger partial charge >= 0.3 is 11.9 Å². The van der Waals surface area contributed by atoms with Crippen molar-refractivity contribution in [2.75, 3.05) is 60.7 Å². The van der Waals surface area contributed by atoms with Crippen LogP contribution in [0.25, 0.3) is 21.9 Å². The molecule has 30 heteroatoms. The molecule has 25 N–H and O–H groups in total. The monoisotopic (exact) mass is 1190 g/mol. The molecule has 0 fully saturated rings. The van der Waals surface area contributed by atoms with E-state index >= 15 is 0 Å². The van der Waals surface area contributed by atoms with Crippen LogP contribution in [0.1, 0.15) is 90.2 Å². The molecule has 470 valence electrons. The minimum Gasteiger partial charge on any atom is -0.507 e. The molecule has 1 heterocycles. The maximum Gasteiger partial charge on any atom is 0.324 e. The van der Waals surface area contributed by atoms with Crippen molar-refractivity contribution < 1.29 is 62.0 Å². The van der Waals surface area contributed by atoms with E-state index < -0.39 is 109 Å². The summed E-state index contributed by atoms with van der Waals surface area (Å²) in [7, 11) is 3.74. The number of phenols is 1. The normalized spacial score (nSPS) is 13.0. The van der Waals surface area contributed by atoms with E-state index in [1.165, 1.54) is 33.5 Å². The van der Waals surface area contributed by atoms with Crippen LogP contribution in [-0.2, 0) is 51.1 Å². The number of fused-ring (bicyclic) bond motifs is 2. The summed E-state index contributed by atoms with van der Waals surface area (Å²) < 4.78 is 34.3. The fraction of sp³-hybridized carbons (Fsp3) is 0.574. The minimum absolute atomic E-state index is 0.00544. The molecule has 3 aromatic rings. The number of rotatable bonds is 43. The largest absolute Gasteiger partial charge is 0.507 e. The highest BCUT2D eigenvalue weighted by atomic mass is 16.5. The number of nitrogens with two attached hydrogens (primary N) is 8. The average molecular weight is 1190 g/mol. The molecule has 0 aliphatic heterocycles. The highest BCUT2D eigenvalue weighted by Gasteiger charge is 2.32. The third-order valence-corrected chi connectivity index (χ3v) is 12.9. The SMILES string of the molecule is COC(=O)[C@H](CCCNC(N)N)NN[C@@H](CCCNC(N)N)C(=O)C(=O)COc1cc2oc3cc(OCC(=O)C(=O)[C@H](CCCNC(N)N)NN[C@@H](CCCNC(N)N)C(=O)OC)c(OC)c(CC=C(C)C)c3c(=O)c2c(O)c1CC=C(C)C. The molecule has 84 heavy (non-hydrogen) atoms. The first-order chi connectivity index (χ1) is 39.8. The molecular weight excluding hydrogens is 1100 g/mol. The van der Waals surface area contributed by atoms with E-state index in [0.717, 1.165) is 11.1 Å². The number of hydrogen-bond donors (Lipinski definition) is 17. The topological polar surface area (TPSA) is 503 Å². The molecule has 30 nitrogen and oxygen atoms in total. The standard InChI is InChI=1S/C54H90N16O14/c1-28(2)16-18-30-38(82-26-36(71)45(74)32(12-8-20-63-51(55)56)67-69-34(49(77)80-6)14-10-22-65-53(59)60)24-40-43(44(30)73)47(76)42-31(19-17-29(3)4)48(79-5)41(25-39(42)84-40)83-27-37(72)46(75)33(13-9-21-64-52(57)58)68-70-35(50(78)81-7)15-11-23-66-54(61)62/h16-17,24-25,32-35,51-54,63-70,73H,8-15,18-23,26-27,55-62H2,1-7H3/t32-,33-,34-,35-/m0/s1. The lowest BCUT2D eigenvalue weighted by Gasteiger charge is -2.23. The maximum atomic E-state index is 14.9. The van der Waals surface area contributed by atoms with E-state index in [4.69, 9.17) is 74.0 Å². The number of carbonyl (C=O) groups excluding carboxylic acids is 6. The Labute approximate surface area is 488 Å². The first-order valence-electron chi connectivity index (χ1n) is 27.5. The van der Waals surface area contributed by atoms with Crippen LogP contribution in [0.15, 0.2) is 44.6 Å². The molecule has 4 atom stereocenters. The summed E-state index contributed by atoms with van der Waals surface area (Å²) in [5, 5.41) is 23.2. The molecule has 0 saturated heterocycles. The van der Waals surface area contributed by atoms with Crippen molar-refractivity contribution in [2.24, 2.45) is 45.9 Å². The molecule has 1 aromatic heterocycles. The Balaban J connectivity index is 2.10. The van der Waals surface area contributed by atoms with Crippen molar-refractivity contribution in [3.8, 4) is 23.0 Å². The Morgan fingerprint density at radius 3 is 1.27 bits per heavy atom. The van der Waals surface area contributed by atoms with E-state index in [0.29, 0.717) is 38.8 Å². The van der Waals surface area contributed by atoms with Crippen LogP contribution in [0.5, 0.6) is 23.0 Å². The number of ketones is 4. The summed E-state index contributed by atoms with van der Waals surface area (Å²) in [5.41, 5.74) is 57.2. The molecule has 0 radical (unpaired) electrons. The Kier molecular flexibility index (Phi) is 31.7. The number of Topliss-reactive ketones (excluding diaryl/α,β-unsaturated/α-hetero) is 4. The molecule has 0 aliphatic rings. The van der Waals surface area contributed by atoms with E-state index in [1.54, 1.807) is 6.08 Å². The highest BCUT2D eigenvalue weighted by Crippen LogP contribution is 2.42. The number of allylic oxidation sites excluding steroid dienone is 4. The zero-order chi connectivity index (χ0) is 62.6. The van der Waals surface area contributed by atoms with E-state index in [-0.39, 0.29) is 102 Å². The number of phenolic OH excluding ortho intramolecular Hbond substituents is 1. The molecule has 0 amide bonds. The van der Waals surface area contributed by atoms with Gasteiger partial charge in [0.1, 0.15) is 65.3 Å². The number of carbonyl (C=O) groups is 6. The smallest absolute Gasteiger partial charge is 0.324 e. The average Bonchev–Trinajstić information content (AvgIpc) is 0.890. The Morgan fingerprint density at radius 2 is 0.893 bits per heavy atom. The first kappa shape index (κ1) is 71.8. The van der Waals surface area contributed by atoms with Gasteiger partial charge in [-0.3, -0.25) is 54.8 Å². The Morgan fingerprint density at radius 1 is 0.536 bits per heavy atom. The predicted molar refractivity (Wildman–Crippen MR) is 315 cm³/mol. The molecule has 0 unspecified atom stereocenters. The lowest BCUT2D eigenvalue weighted by molar-refractivity contribution is -0.145. The van der Waals surface area contributed by atoms with Crippen LogP contribution in [0, 0.1) is 0 Å². The third-order valence-electron chi connectivity index (χ3n) is 12.9. The van der Waals surface area contributed by atoms with Crippen LogP contribution in [0.2, 0.25) is 0 Å². The molecule has 2 aromatic carbocycles. The lowest BCUT2D eigenvalue weighted by Crippen LogP contribution is -2.54. The van der Waals surface area contributed by atoms with Gasteiger partial charge in [0.25, 0.3) is 0 Å². The fourth-order valence-electron chi connectivity index (χ4n) is 8.51. The van der Waals surface area contributed by atoms with Gasteiger partial charge in [-0.25, -0.2) is 21.7 Å². The number of nitrogens with one attached hydrogen (secondary N) is 8. The lowest BCUT2D eigenvalue weighted by atomic mass is 9.98. The quantitative estimate of drug-likeness (QED) is 0.00511. The Hall–Kier alpha value is -6.43. The van der Waals surface area contributed by atoms with Crippen molar-refractivity contribution in [1.82, 2.24) is 43.0 Å². The zero-order valence-electron chi connectivity index (χ0n) is 49.1. The summed E-state index contributed by atoms with van der Waals surface area (Å²) in [6.45, 7) is 6.93. The van der Waals surface area contributed by atoms with Crippen LogP contribution in [0.3, 0.4) is 0 Å². The highest BCUT2D eigenvalue weighted by molar-refractivity contribution is 6.40. The number of ether oxygens (including phenoxy) is 5. The van der Waals surface area contributed by atoms with Gasteiger partial charge in [-0.1, -0.05) is 23.3 Å². The summed E-state index contributed by atoms with van der Waals surface area (Å²) in [6.07, 6.45) is 2.49. The molecule has 0 bridgehead atoms. The van der Waals surface area contributed by atoms with Crippen LogP contribution >= 0.6 is 0 Å². The number of hydrogen-bond acceptors (Lipinski definition) is 30. The third kappa shape index (κ3) is 23.6. The van der Waals surface area contributed by atoms with Crippen molar-refractivity contribution in [3.05, 3.63) is 56.8 Å². The number of aromatic hydroxyl groups is 1. The second-order valence-corrected chi connectivity index (χ2v) is 20.2. The van der Waals surface area contributed by atoms with E-state index in [2.05, 4.69) is 43.0 Å². The van der Waals surface area contributed by atoms with Crippen molar-refractivity contribution >= 4 is 57.0 Å². The zero-order valence-corrected chi connectivity index (χ0v) is 49.1. The van der Waals surface area contributed by atoms with Crippen molar-refractivity contribution in [3.63, 3.8) is 0 Å². The van der Waals surface area contributed by atoms with Crippen LogP contribution in [-0.4, -0.2) is 150 Å². The number of hydrazine groups is 2. The van der Waals surface area contributed by atoms with E-state index in [1.807, 2.05) is 33.8 Å². The van der Waals surface area contributed by atoms with Gasteiger partial charge in [0.05, 0.1) is 38.8 Å². The molecule has 3 rings (SSSR count). The fourth-order valence-corrected chi connectivity index (χ4v) is 8.51. The predicted octanol–water partition coefficient (Wildman–Crippen LogP) is -3.00. The van der Waals surface area contributed by atoms with E-state index in [9.17, 15) is 38.7 Å². The minimum atomic E-state index is -1.20. The summed E-state index contributed by atoms with van der Waals surface area (Å²) >= 11 is 0. The molecular formula is C54H90N16O14. The van der Waals surface area contributed by atoms with Gasteiger partial charge in [0.2, 0.25) is 28.6 Å². The van der Waals surface area contributed by atoms with Crippen molar-refractivity contribution in [1.29, 1.82) is 0 Å². The van der Waals surface area contributed by atoms with Gasteiger partial charge in [-0.15, -0.1) is 0 Å². The summed E-state index contributed by atoms with van der Waals surface area (Å²) in [5.74, 6) is -5.80. The van der Waals surface area contributed by atoms with Crippen LogP contribution in [0.4, 0.5) is 0 Å².